The predicted octanol–water partition coefficient (Wildman–Crippen LogP) is 5.34. The molecule has 0 radical (unpaired) electrons. The van der Waals surface area contributed by atoms with Gasteiger partial charge in [0.1, 0.15) is 47.2 Å². The van der Waals surface area contributed by atoms with Crippen molar-refractivity contribution in [3.05, 3.63) is 101 Å². The summed E-state index contributed by atoms with van der Waals surface area (Å²) in [5.74, 6) is -0.760. The van der Waals surface area contributed by atoms with Gasteiger partial charge in [-0.1, -0.05) is 60.2 Å². The number of aromatic nitrogens is 2. The molecule has 0 saturated heterocycles. The maximum Gasteiger partial charge on any atom is 0.323 e. The Kier molecular flexibility index (Phi) is 9.08. The summed E-state index contributed by atoms with van der Waals surface area (Å²) in [6.45, 7) is -0.939. The van der Waals surface area contributed by atoms with E-state index in [2.05, 4.69) is 15.6 Å². The summed E-state index contributed by atoms with van der Waals surface area (Å²) in [4.78, 5) is 11.4. The molecule has 4 aromatic rings. The number of allylic oxidation sites excluding steroid dienone is 3. The largest absolute Gasteiger partial charge is 0.488 e. The first kappa shape index (κ1) is 29.5. The first-order valence-electron chi connectivity index (χ1n) is 12.9. The molecule has 9 nitrogen and oxygen atoms in total. The van der Waals surface area contributed by atoms with Gasteiger partial charge in [-0.25, -0.2) is 9.02 Å². The molecule has 0 spiro atoms. The van der Waals surface area contributed by atoms with E-state index in [4.69, 9.17) is 37.3 Å². The van der Waals surface area contributed by atoms with E-state index in [1.54, 1.807) is 30.4 Å². The van der Waals surface area contributed by atoms with Crippen LogP contribution in [0.15, 0.2) is 83.5 Å². The highest BCUT2D eigenvalue weighted by Crippen LogP contribution is 2.39. The normalized spacial score (nSPS) is 19.0. The minimum absolute atomic E-state index is 0.00384. The lowest BCUT2D eigenvalue weighted by Crippen LogP contribution is -2.40. The van der Waals surface area contributed by atoms with Crippen LogP contribution in [0.2, 0.25) is 5.02 Å². The fourth-order valence-electron chi connectivity index (χ4n) is 4.42. The van der Waals surface area contributed by atoms with Gasteiger partial charge in [0.15, 0.2) is 5.67 Å². The predicted molar refractivity (Wildman–Crippen MR) is 155 cm³/mol. The first-order chi connectivity index (χ1) is 20.3. The third-order valence-electron chi connectivity index (χ3n) is 6.75. The van der Waals surface area contributed by atoms with Gasteiger partial charge in [0, 0.05) is 18.2 Å². The van der Waals surface area contributed by atoms with Crippen molar-refractivity contribution >= 4 is 45.8 Å². The van der Waals surface area contributed by atoms with E-state index in [1.807, 2.05) is 30.3 Å². The third kappa shape index (κ3) is 6.57. The zero-order valence-corrected chi connectivity index (χ0v) is 23.6. The molecule has 5 rings (SSSR count). The SMILES string of the molecule is O=C(O)C(CO)NCc1cc(Cl)c(OCC2(F)C=CC=C(c3ccccc3)C2Cl)cc1OCc1ccc2nonc2c1. The number of halogens is 3. The lowest BCUT2D eigenvalue weighted by Gasteiger charge is -2.31. The molecule has 218 valence electrons. The molecular formula is C30H26Cl2FN3O6. The van der Waals surface area contributed by atoms with Crippen LogP contribution in [0.25, 0.3) is 16.6 Å². The molecule has 1 heterocycles. The maximum atomic E-state index is 16.1. The second-order valence-corrected chi connectivity index (χ2v) is 10.5. The Labute approximate surface area is 250 Å². The topological polar surface area (TPSA) is 127 Å². The Morgan fingerprint density at radius 2 is 1.88 bits per heavy atom. The van der Waals surface area contributed by atoms with Crippen molar-refractivity contribution in [3.8, 4) is 11.5 Å². The lowest BCUT2D eigenvalue weighted by atomic mass is 9.87. The average molecular weight is 614 g/mol. The molecular weight excluding hydrogens is 588 g/mol. The van der Waals surface area contributed by atoms with E-state index in [0.29, 0.717) is 27.9 Å². The molecule has 12 heteroatoms. The molecule has 0 saturated carbocycles. The number of nitrogens with one attached hydrogen (secondary N) is 1. The summed E-state index contributed by atoms with van der Waals surface area (Å²) in [5, 5.41) is 28.2. The molecule has 1 aliphatic rings. The van der Waals surface area contributed by atoms with Crippen LogP contribution in [0.5, 0.6) is 11.5 Å². The van der Waals surface area contributed by atoms with E-state index in [-0.39, 0.29) is 23.9 Å². The molecule has 0 aliphatic heterocycles. The number of aliphatic hydroxyl groups is 1. The Balaban J connectivity index is 1.36. The number of carboxylic acids is 1. The molecule has 42 heavy (non-hydrogen) atoms. The monoisotopic (exact) mass is 613 g/mol. The minimum atomic E-state index is -2.04. The number of aliphatic carboxylic acids is 1. The Morgan fingerprint density at radius 1 is 1.10 bits per heavy atom. The van der Waals surface area contributed by atoms with Gasteiger partial charge in [-0.05, 0) is 51.3 Å². The van der Waals surface area contributed by atoms with Gasteiger partial charge in [0.2, 0.25) is 0 Å². The molecule has 3 unspecified atom stereocenters. The highest BCUT2D eigenvalue weighted by Gasteiger charge is 2.41. The Morgan fingerprint density at radius 3 is 2.64 bits per heavy atom. The molecule has 3 atom stereocenters. The average Bonchev–Trinajstić information content (AvgIpc) is 3.46. The number of fused-ring (bicyclic) bond motifs is 1. The molecule has 1 aliphatic carbocycles. The van der Waals surface area contributed by atoms with Gasteiger partial charge in [0.05, 0.1) is 11.6 Å². The van der Waals surface area contributed by atoms with Gasteiger partial charge >= 0.3 is 5.97 Å². The van der Waals surface area contributed by atoms with Crippen molar-refractivity contribution < 1.29 is 33.5 Å². The fourth-order valence-corrected chi connectivity index (χ4v) is 5.00. The zero-order valence-electron chi connectivity index (χ0n) is 22.0. The summed E-state index contributed by atoms with van der Waals surface area (Å²) in [5.41, 5.74) is 1.79. The van der Waals surface area contributed by atoms with Gasteiger partial charge in [-0.15, -0.1) is 11.6 Å². The number of ether oxygens (including phenoxy) is 2. The van der Waals surface area contributed by atoms with Gasteiger partial charge in [-0.2, -0.15) is 0 Å². The van der Waals surface area contributed by atoms with Crippen molar-refractivity contribution in [1.29, 1.82) is 0 Å². The second-order valence-electron chi connectivity index (χ2n) is 9.65. The number of hydrogen-bond acceptors (Lipinski definition) is 8. The van der Waals surface area contributed by atoms with Crippen LogP contribution in [0.1, 0.15) is 16.7 Å². The number of hydrogen-bond donors (Lipinski definition) is 3. The zero-order chi connectivity index (χ0) is 29.7. The summed E-state index contributed by atoms with van der Waals surface area (Å²) in [6.07, 6.45) is 4.74. The van der Waals surface area contributed by atoms with Crippen LogP contribution in [0.4, 0.5) is 4.39 Å². The number of alkyl halides is 2. The third-order valence-corrected chi connectivity index (χ3v) is 7.64. The van der Waals surface area contributed by atoms with E-state index in [1.165, 1.54) is 18.2 Å². The van der Waals surface area contributed by atoms with Gasteiger partial charge < -0.3 is 19.7 Å². The standard InChI is InChI=1S/C30H26Cl2FN3O6/c31-22-12-20(14-34-25(15-37)29(38)39)26(40-16-18-8-9-23-24(11-18)36-42-35-23)13-27(22)41-17-30(33)10-4-7-21(28(30)32)19-5-2-1-3-6-19/h1-13,25,28,34,37H,14-17H2,(H,38,39). The Bertz CT molecular complexity index is 1630. The molecule has 0 amide bonds. The molecule has 0 bridgehead atoms. The number of aliphatic hydroxyl groups excluding tert-OH is 1. The number of nitrogens with zero attached hydrogens (tertiary/aromatic N) is 2. The highest BCUT2D eigenvalue weighted by atomic mass is 35.5. The van der Waals surface area contributed by atoms with Crippen LogP contribution in [-0.2, 0) is 17.9 Å². The van der Waals surface area contributed by atoms with E-state index < -0.39 is 36.3 Å². The lowest BCUT2D eigenvalue weighted by molar-refractivity contribution is -0.140. The van der Waals surface area contributed by atoms with Crippen molar-refractivity contribution in [2.24, 2.45) is 0 Å². The van der Waals surface area contributed by atoms with Crippen LogP contribution in [-0.4, -0.2) is 56.8 Å². The van der Waals surface area contributed by atoms with Crippen LogP contribution in [0, 0.1) is 0 Å². The smallest absolute Gasteiger partial charge is 0.323 e. The summed E-state index contributed by atoms with van der Waals surface area (Å²) >= 11 is 13.1. The van der Waals surface area contributed by atoms with Gasteiger partial charge in [0.25, 0.3) is 0 Å². The first-order valence-corrected chi connectivity index (χ1v) is 13.7. The van der Waals surface area contributed by atoms with Gasteiger partial charge in [-0.3, -0.25) is 10.1 Å². The second kappa shape index (κ2) is 12.9. The van der Waals surface area contributed by atoms with Crippen LogP contribution < -0.4 is 14.8 Å². The van der Waals surface area contributed by atoms with Crippen molar-refractivity contribution in [1.82, 2.24) is 15.6 Å². The quantitative estimate of drug-likeness (QED) is 0.181. The van der Waals surface area contributed by atoms with Crippen molar-refractivity contribution in [2.75, 3.05) is 13.2 Å². The summed E-state index contributed by atoms with van der Waals surface area (Å²) in [6, 6.07) is 16.4. The summed E-state index contributed by atoms with van der Waals surface area (Å²) in [7, 11) is 0. The highest BCUT2D eigenvalue weighted by molar-refractivity contribution is 6.32. The number of carboxylic acid groups (broad SMARTS) is 1. The van der Waals surface area contributed by atoms with E-state index in [9.17, 15) is 15.0 Å². The molecule has 3 N–H and O–H groups in total. The van der Waals surface area contributed by atoms with Crippen molar-refractivity contribution in [3.63, 3.8) is 0 Å². The van der Waals surface area contributed by atoms with E-state index >= 15 is 4.39 Å². The Hall–Kier alpha value is -3.96. The number of rotatable bonds is 12. The van der Waals surface area contributed by atoms with Crippen molar-refractivity contribution in [2.45, 2.75) is 30.2 Å². The maximum absolute atomic E-state index is 16.1. The minimum Gasteiger partial charge on any atom is -0.488 e. The number of benzene rings is 3. The van der Waals surface area contributed by atoms with Crippen LogP contribution >= 0.6 is 23.2 Å². The molecule has 1 aromatic heterocycles. The summed E-state index contributed by atoms with van der Waals surface area (Å²) < 4.78 is 32.8. The number of carbonyl (C=O) groups is 1. The molecule has 0 fully saturated rings. The fraction of sp³-hybridized carbons (Fsp3) is 0.233. The molecule has 3 aromatic carbocycles. The van der Waals surface area contributed by atoms with E-state index in [0.717, 1.165) is 11.1 Å². The van der Waals surface area contributed by atoms with Crippen LogP contribution in [0.3, 0.4) is 0 Å².